The van der Waals surface area contributed by atoms with Gasteiger partial charge in [0.25, 0.3) is 5.91 Å². The van der Waals surface area contributed by atoms with Crippen molar-refractivity contribution >= 4 is 29.4 Å². The van der Waals surface area contributed by atoms with Gasteiger partial charge < -0.3 is 9.64 Å². The highest BCUT2D eigenvalue weighted by Gasteiger charge is 2.24. The number of aryl methyl sites for hydroxylation is 1. The van der Waals surface area contributed by atoms with Crippen LogP contribution in [-0.2, 0) is 4.79 Å². The highest BCUT2D eigenvalue weighted by atomic mass is 35.5. The molecule has 0 radical (unpaired) electrons. The molecule has 0 saturated carbocycles. The Balaban J connectivity index is 1.63. The molecule has 0 fully saturated rings. The largest absolute Gasteiger partial charge is 0.497 e. The third-order valence-electron chi connectivity index (χ3n) is 6.02. The summed E-state index contributed by atoms with van der Waals surface area (Å²) in [7, 11) is 1.61. The molecule has 2 amide bonds. The van der Waals surface area contributed by atoms with Gasteiger partial charge in [-0.1, -0.05) is 41.9 Å². The van der Waals surface area contributed by atoms with Gasteiger partial charge in [0.15, 0.2) is 0 Å². The van der Waals surface area contributed by atoms with Crippen molar-refractivity contribution in [3.8, 4) is 22.7 Å². The van der Waals surface area contributed by atoms with E-state index in [0.717, 1.165) is 22.6 Å². The molecular weight excluding hydrogens is 488 g/mol. The van der Waals surface area contributed by atoms with Crippen LogP contribution >= 0.6 is 11.6 Å². The second-order valence-electron chi connectivity index (χ2n) is 8.91. The zero-order chi connectivity index (χ0) is 26.5. The number of nitrogens with zero attached hydrogens (tertiary/aromatic N) is 3. The molecule has 3 aromatic carbocycles. The van der Waals surface area contributed by atoms with E-state index in [2.05, 4.69) is 5.32 Å². The first-order valence-corrected chi connectivity index (χ1v) is 12.3. The van der Waals surface area contributed by atoms with Gasteiger partial charge in [0, 0.05) is 34.1 Å². The standard InChI is InChI=1S/C29H29ClN4O3/c1-19(2)33(28(36)25-8-6-5-7-20(25)3)18-27(35)32-29-31-26(21-9-11-22(30)12-10-21)17-34(29)23-13-15-24(37-4)16-14-23/h5-17,19H,18H2,1-4H3,(H,31,32,35). The maximum Gasteiger partial charge on any atom is 0.254 e. The Kier molecular flexibility index (Phi) is 7.94. The number of imidazole rings is 1. The van der Waals surface area contributed by atoms with E-state index in [9.17, 15) is 9.59 Å². The lowest BCUT2D eigenvalue weighted by atomic mass is 10.1. The quantitative estimate of drug-likeness (QED) is 0.311. The first-order valence-electron chi connectivity index (χ1n) is 11.9. The molecule has 0 aliphatic heterocycles. The number of carbonyl (C=O) groups is 2. The number of aromatic nitrogens is 2. The second-order valence-corrected chi connectivity index (χ2v) is 9.35. The molecule has 0 saturated heterocycles. The van der Waals surface area contributed by atoms with Crippen LogP contribution in [0.1, 0.15) is 29.8 Å². The molecule has 0 aliphatic rings. The summed E-state index contributed by atoms with van der Waals surface area (Å²) >= 11 is 6.06. The van der Waals surface area contributed by atoms with Crippen molar-refractivity contribution in [1.29, 1.82) is 0 Å². The van der Waals surface area contributed by atoms with Gasteiger partial charge in [0.05, 0.1) is 12.8 Å². The van der Waals surface area contributed by atoms with E-state index in [1.807, 2.05) is 81.6 Å². The average molecular weight is 517 g/mol. The molecule has 37 heavy (non-hydrogen) atoms. The molecule has 1 heterocycles. The van der Waals surface area contributed by atoms with Gasteiger partial charge in [-0.25, -0.2) is 4.98 Å². The molecular formula is C29H29ClN4O3. The number of anilines is 1. The molecule has 4 rings (SSSR count). The SMILES string of the molecule is COc1ccc(-n2cc(-c3ccc(Cl)cc3)nc2NC(=O)CN(C(=O)c2ccccc2C)C(C)C)cc1. The van der Waals surface area contributed by atoms with E-state index in [0.29, 0.717) is 22.2 Å². The number of methoxy groups -OCH3 is 1. The normalized spacial score (nSPS) is 10.9. The van der Waals surface area contributed by atoms with E-state index >= 15 is 0 Å². The Labute approximate surface area is 221 Å². The lowest BCUT2D eigenvalue weighted by molar-refractivity contribution is -0.117. The number of halogens is 1. The van der Waals surface area contributed by atoms with Crippen molar-refractivity contribution in [2.45, 2.75) is 26.8 Å². The van der Waals surface area contributed by atoms with Gasteiger partial charge in [0.2, 0.25) is 11.9 Å². The summed E-state index contributed by atoms with van der Waals surface area (Å²) in [5.41, 5.74) is 3.75. The molecule has 1 N–H and O–H groups in total. The predicted octanol–water partition coefficient (Wildman–Crippen LogP) is 6.00. The molecule has 0 spiro atoms. The van der Waals surface area contributed by atoms with Crippen molar-refractivity contribution in [3.63, 3.8) is 0 Å². The van der Waals surface area contributed by atoms with Crippen LogP contribution < -0.4 is 10.1 Å². The number of rotatable bonds is 8. The van der Waals surface area contributed by atoms with Gasteiger partial charge in [0.1, 0.15) is 12.3 Å². The summed E-state index contributed by atoms with van der Waals surface area (Å²) in [5.74, 6) is 0.518. The van der Waals surface area contributed by atoms with E-state index in [1.165, 1.54) is 0 Å². The minimum atomic E-state index is -0.348. The van der Waals surface area contributed by atoms with E-state index in [4.69, 9.17) is 21.3 Å². The third kappa shape index (κ3) is 6.01. The van der Waals surface area contributed by atoms with Crippen LogP contribution in [0.25, 0.3) is 16.9 Å². The van der Waals surface area contributed by atoms with E-state index in [-0.39, 0.29) is 24.4 Å². The number of hydrogen-bond acceptors (Lipinski definition) is 4. The minimum Gasteiger partial charge on any atom is -0.497 e. The Hall–Kier alpha value is -4.10. The molecule has 7 nitrogen and oxygen atoms in total. The zero-order valence-electron chi connectivity index (χ0n) is 21.2. The fourth-order valence-electron chi connectivity index (χ4n) is 3.94. The fourth-order valence-corrected chi connectivity index (χ4v) is 4.07. The maximum absolute atomic E-state index is 13.3. The maximum atomic E-state index is 13.3. The third-order valence-corrected chi connectivity index (χ3v) is 6.27. The van der Waals surface area contributed by atoms with Crippen LogP contribution in [-0.4, -0.2) is 46.0 Å². The summed E-state index contributed by atoms with van der Waals surface area (Å²) in [6.45, 7) is 5.55. The number of amides is 2. The van der Waals surface area contributed by atoms with Gasteiger partial charge in [-0.05, 0) is 68.8 Å². The first kappa shape index (κ1) is 26.0. The highest BCUT2D eigenvalue weighted by Crippen LogP contribution is 2.26. The Morgan fingerprint density at radius 1 is 1.03 bits per heavy atom. The molecule has 0 atom stereocenters. The number of carbonyl (C=O) groups excluding carboxylic acids is 2. The molecule has 8 heteroatoms. The second kappa shape index (κ2) is 11.3. The first-order chi connectivity index (χ1) is 17.8. The summed E-state index contributed by atoms with van der Waals surface area (Å²) in [6.07, 6.45) is 1.85. The summed E-state index contributed by atoms with van der Waals surface area (Å²) in [5, 5.41) is 3.53. The van der Waals surface area contributed by atoms with Crippen molar-refractivity contribution in [1.82, 2.24) is 14.5 Å². The average Bonchev–Trinajstić information content (AvgIpc) is 3.31. The smallest absolute Gasteiger partial charge is 0.254 e. The van der Waals surface area contributed by atoms with Crippen LogP contribution in [0, 0.1) is 6.92 Å². The molecule has 0 aliphatic carbocycles. The van der Waals surface area contributed by atoms with Crippen LogP contribution in [0.5, 0.6) is 5.75 Å². The summed E-state index contributed by atoms with van der Waals surface area (Å²) in [4.78, 5) is 32.7. The zero-order valence-corrected chi connectivity index (χ0v) is 22.0. The fraction of sp³-hybridized carbons (Fsp3) is 0.207. The lowest BCUT2D eigenvalue weighted by Gasteiger charge is -2.26. The van der Waals surface area contributed by atoms with Crippen LogP contribution in [0.4, 0.5) is 5.95 Å². The van der Waals surface area contributed by atoms with E-state index < -0.39 is 0 Å². The van der Waals surface area contributed by atoms with E-state index in [1.54, 1.807) is 34.8 Å². The van der Waals surface area contributed by atoms with Crippen LogP contribution in [0.2, 0.25) is 5.02 Å². The van der Waals surface area contributed by atoms with Crippen LogP contribution in [0.15, 0.2) is 79.0 Å². The molecule has 0 unspecified atom stereocenters. The van der Waals surface area contributed by atoms with Crippen molar-refractivity contribution < 1.29 is 14.3 Å². The topological polar surface area (TPSA) is 76.5 Å². The summed E-state index contributed by atoms with van der Waals surface area (Å²) in [6, 6.07) is 21.9. The Morgan fingerprint density at radius 2 is 1.70 bits per heavy atom. The number of nitrogens with one attached hydrogen (secondary N) is 1. The van der Waals surface area contributed by atoms with Gasteiger partial charge in [-0.3, -0.25) is 19.5 Å². The monoisotopic (exact) mass is 516 g/mol. The van der Waals surface area contributed by atoms with Gasteiger partial charge >= 0.3 is 0 Å². The minimum absolute atomic E-state index is 0.114. The van der Waals surface area contributed by atoms with Crippen LogP contribution in [0.3, 0.4) is 0 Å². The number of benzene rings is 3. The summed E-state index contributed by atoms with van der Waals surface area (Å²) < 4.78 is 7.07. The number of hydrogen-bond donors (Lipinski definition) is 1. The van der Waals surface area contributed by atoms with Gasteiger partial charge in [-0.2, -0.15) is 0 Å². The van der Waals surface area contributed by atoms with Crippen molar-refractivity contribution in [3.05, 3.63) is 95.1 Å². The highest BCUT2D eigenvalue weighted by molar-refractivity contribution is 6.30. The molecule has 1 aromatic heterocycles. The lowest BCUT2D eigenvalue weighted by Crippen LogP contribution is -2.42. The predicted molar refractivity (Wildman–Crippen MR) is 147 cm³/mol. The molecule has 0 bridgehead atoms. The number of ether oxygens (including phenoxy) is 1. The van der Waals surface area contributed by atoms with Crippen molar-refractivity contribution in [2.75, 3.05) is 19.0 Å². The molecule has 190 valence electrons. The Bertz CT molecular complexity index is 1400. The molecule has 4 aromatic rings. The van der Waals surface area contributed by atoms with Gasteiger partial charge in [-0.15, -0.1) is 0 Å². The Morgan fingerprint density at radius 3 is 2.32 bits per heavy atom. The van der Waals surface area contributed by atoms with Crippen molar-refractivity contribution in [2.24, 2.45) is 0 Å².